The van der Waals surface area contributed by atoms with Crippen LogP contribution in [0.4, 0.5) is 5.69 Å². The van der Waals surface area contributed by atoms with E-state index in [2.05, 4.69) is 72.7 Å². The molecule has 0 fully saturated rings. The summed E-state index contributed by atoms with van der Waals surface area (Å²) in [5, 5.41) is 6.64. The summed E-state index contributed by atoms with van der Waals surface area (Å²) in [7, 11) is 0. The second-order valence-electron chi connectivity index (χ2n) is 5.14. The van der Waals surface area contributed by atoms with E-state index < -0.39 is 0 Å². The Kier molecular flexibility index (Phi) is 4.02. The van der Waals surface area contributed by atoms with Crippen LogP contribution in [-0.2, 0) is 0 Å². The van der Waals surface area contributed by atoms with Gasteiger partial charge < -0.3 is 5.32 Å². The monoisotopic (exact) mass is 294 g/mol. The fraction of sp³-hybridized carbons (Fsp3) is 0.167. The summed E-state index contributed by atoms with van der Waals surface area (Å²) in [5.41, 5.74) is 4.93. The van der Waals surface area contributed by atoms with E-state index >= 15 is 0 Å². The van der Waals surface area contributed by atoms with Gasteiger partial charge in [0.1, 0.15) is 5.01 Å². The molecule has 0 bridgehead atoms. The molecule has 0 amide bonds. The topological polar surface area (TPSA) is 24.9 Å². The van der Waals surface area contributed by atoms with E-state index in [1.165, 1.54) is 11.1 Å². The fourth-order valence-electron chi connectivity index (χ4n) is 2.51. The molecule has 0 aliphatic carbocycles. The van der Waals surface area contributed by atoms with E-state index in [1.54, 1.807) is 11.3 Å². The summed E-state index contributed by atoms with van der Waals surface area (Å²) >= 11 is 1.66. The average molecular weight is 294 g/mol. The standard InChI is InChI=1S/C18H18N2S/c1-13-6-3-4-9-17(13)14(2)20-16-8-5-7-15(12-16)18-19-10-11-21-18/h3-12,14,20H,1-2H3. The smallest absolute Gasteiger partial charge is 0.123 e. The van der Waals surface area contributed by atoms with Gasteiger partial charge in [-0.1, -0.05) is 36.4 Å². The molecule has 3 aromatic rings. The Morgan fingerprint density at radius 1 is 1.10 bits per heavy atom. The molecule has 3 rings (SSSR count). The first-order valence-corrected chi connectivity index (χ1v) is 7.94. The molecule has 2 nitrogen and oxygen atoms in total. The maximum absolute atomic E-state index is 4.37. The van der Waals surface area contributed by atoms with Gasteiger partial charge in [0.25, 0.3) is 0 Å². The van der Waals surface area contributed by atoms with Crippen LogP contribution in [0.3, 0.4) is 0 Å². The van der Waals surface area contributed by atoms with Crippen LogP contribution in [0.15, 0.2) is 60.1 Å². The number of hydrogen-bond donors (Lipinski definition) is 1. The quantitative estimate of drug-likeness (QED) is 0.707. The molecule has 1 unspecified atom stereocenters. The Hall–Kier alpha value is -2.13. The Balaban J connectivity index is 1.82. The van der Waals surface area contributed by atoms with Gasteiger partial charge in [0.2, 0.25) is 0 Å². The van der Waals surface area contributed by atoms with Crippen molar-refractivity contribution in [1.29, 1.82) is 0 Å². The Morgan fingerprint density at radius 2 is 1.95 bits per heavy atom. The van der Waals surface area contributed by atoms with Gasteiger partial charge in [-0.15, -0.1) is 11.3 Å². The number of thiazole rings is 1. The molecule has 0 saturated heterocycles. The third-order valence-electron chi connectivity index (χ3n) is 3.58. The molecule has 2 aromatic carbocycles. The largest absolute Gasteiger partial charge is 0.378 e. The molecule has 0 radical (unpaired) electrons. The molecule has 0 aliphatic rings. The lowest BCUT2D eigenvalue weighted by molar-refractivity contribution is 0.874. The normalized spacial score (nSPS) is 12.1. The summed E-state index contributed by atoms with van der Waals surface area (Å²) in [5.74, 6) is 0. The first kappa shape index (κ1) is 13.8. The van der Waals surface area contributed by atoms with E-state index in [0.29, 0.717) is 0 Å². The van der Waals surface area contributed by atoms with Gasteiger partial charge in [-0.05, 0) is 37.1 Å². The third kappa shape index (κ3) is 3.14. The van der Waals surface area contributed by atoms with Gasteiger partial charge in [-0.2, -0.15) is 0 Å². The van der Waals surface area contributed by atoms with Crippen molar-refractivity contribution in [3.05, 3.63) is 71.2 Å². The number of nitrogens with one attached hydrogen (secondary N) is 1. The summed E-state index contributed by atoms with van der Waals surface area (Å²) in [6.45, 7) is 4.35. The maximum Gasteiger partial charge on any atom is 0.123 e. The van der Waals surface area contributed by atoms with E-state index in [-0.39, 0.29) is 6.04 Å². The highest BCUT2D eigenvalue weighted by Gasteiger charge is 2.08. The predicted molar refractivity (Wildman–Crippen MR) is 90.8 cm³/mol. The molecule has 1 atom stereocenters. The number of aromatic nitrogens is 1. The van der Waals surface area contributed by atoms with Gasteiger partial charge in [0.15, 0.2) is 0 Å². The SMILES string of the molecule is Cc1ccccc1C(C)Nc1cccc(-c2nccs2)c1. The minimum absolute atomic E-state index is 0.276. The van der Waals surface area contributed by atoms with E-state index in [1.807, 2.05) is 11.6 Å². The van der Waals surface area contributed by atoms with Crippen molar-refractivity contribution in [2.75, 3.05) is 5.32 Å². The van der Waals surface area contributed by atoms with Crippen LogP contribution in [0.1, 0.15) is 24.1 Å². The molecule has 106 valence electrons. The third-order valence-corrected chi connectivity index (χ3v) is 4.40. The Bertz CT molecular complexity index is 720. The van der Waals surface area contributed by atoms with Crippen LogP contribution >= 0.6 is 11.3 Å². The zero-order valence-electron chi connectivity index (χ0n) is 12.2. The molecule has 1 aromatic heterocycles. The van der Waals surface area contributed by atoms with Crippen LogP contribution in [0.25, 0.3) is 10.6 Å². The van der Waals surface area contributed by atoms with Crippen molar-refractivity contribution in [2.45, 2.75) is 19.9 Å². The summed E-state index contributed by atoms with van der Waals surface area (Å²) in [6, 6.07) is 17.2. The van der Waals surface area contributed by atoms with Crippen molar-refractivity contribution in [2.24, 2.45) is 0 Å². The molecule has 0 aliphatic heterocycles. The number of aryl methyl sites for hydroxylation is 1. The van der Waals surface area contributed by atoms with Crippen LogP contribution in [0.5, 0.6) is 0 Å². The lowest BCUT2D eigenvalue weighted by atomic mass is 10.0. The summed E-state index contributed by atoms with van der Waals surface area (Å²) in [6.07, 6.45) is 1.84. The molecule has 21 heavy (non-hydrogen) atoms. The van der Waals surface area contributed by atoms with Crippen molar-refractivity contribution in [1.82, 2.24) is 4.98 Å². The molecule has 3 heteroatoms. The minimum Gasteiger partial charge on any atom is -0.378 e. The van der Waals surface area contributed by atoms with Crippen LogP contribution < -0.4 is 5.32 Å². The lowest BCUT2D eigenvalue weighted by Crippen LogP contribution is -2.08. The lowest BCUT2D eigenvalue weighted by Gasteiger charge is -2.18. The van der Waals surface area contributed by atoms with Gasteiger partial charge in [0.05, 0.1) is 0 Å². The zero-order chi connectivity index (χ0) is 14.7. The fourth-order valence-corrected chi connectivity index (χ4v) is 3.14. The van der Waals surface area contributed by atoms with Gasteiger partial charge >= 0.3 is 0 Å². The zero-order valence-corrected chi connectivity index (χ0v) is 13.0. The van der Waals surface area contributed by atoms with Crippen molar-refractivity contribution in [3.8, 4) is 10.6 Å². The minimum atomic E-state index is 0.276. The van der Waals surface area contributed by atoms with E-state index in [0.717, 1.165) is 16.3 Å². The first-order chi connectivity index (χ1) is 10.2. The first-order valence-electron chi connectivity index (χ1n) is 7.06. The van der Waals surface area contributed by atoms with E-state index in [9.17, 15) is 0 Å². The van der Waals surface area contributed by atoms with Gasteiger partial charge in [0, 0.05) is 28.9 Å². The Labute approximate surface area is 129 Å². The molecule has 0 saturated carbocycles. The van der Waals surface area contributed by atoms with Crippen LogP contribution in [-0.4, -0.2) is 4.98 Å². The summed E-state index contributed by atoms with van der Waals surface area (Å²) in [4.78, 5) is 4.37. The number of hydrogen-bond acceptors (Lipinski definition) is 3. The average Bonchev–Trinajstić information content (AvgIpc) is 3.02. The van der Waals surface area contributed by atoms with Crippen molar-refractivity contribution < 1.29 is 0 Å². The van der Waals surface area contributed by atoms with Crippen molar-refractivity contribution in [3.63, 3.8) is 0 Å². The number of anilines is 1. The van der Waals surface area contributed by atoms with Crippen molar-refractivity contribution >= 4 is 17.0 Å². The molecular weight excluding hydrogens is 276 g/mol. The van der Waals surface area contributed by atoms with Gasteiger partial charge in [-0.3, -0.25) is 0 Å². The van der Waals surface area contributed by atoms with E-state index in [4.69, 9.17) is 0 Å². The molecule has 0 spiro atoms. The molecular formula is C18H18N2S. The number of benzene rings is 2. The second-order valence-corrected chi connectivity index (χ2v) is 6.04. The molecule has 1 heterocycles. The summed E-state index contributed by atoms with van der Waals surface area (Å²) < 4.78 is 0. The van der Waals surface area contributed by atoms with Gasteiger partial charge in [-0.25, -0.2) is 4.98 Å². The number of nitrogens with zero attached hydrogens (tertiary/aromatic N) is 1. The highest BCUT2D eigenvalue weighted by atomic mass is 32.1. The maximum atomic E-state index is 4.37. The number of rotatable bonds is 4. The Morgan fingerprint density at radius 3 is 2.71 bits per heavy atom. The highest BCUT2D eigenvalue weighted by molar-refractivity contribution is 7.13. The second kappa shape index (κ2) is 6.10. The predicted octanol–water partition coefficient (Wildman–Crippen LogP) is 5.29. The highest BCUT2D eigenvalue weighted by Crippen LogP contribution is 2.27. The van der Waals surface area contributed by atoms with Crippen LogP contribution in [0.2, 0.25) is 0 Å². The van der Waals surface area contributed by atoms with Crippen LogP contribution in [0, 0.1) is 6.92 Å². The molecule has 1 N–H and O–H groups in total.